The molecule has 1 aliphatic heterocycles. The molecule has 1 unspecified atom stereocenters. The van der Waals surface area contributed by atoms with Gasteiger partial charge in [0.1, 0.15) is 6.23 Å². The lowest BCUT2D eigenvalue weighted by molar-refractivity contribution is -0.00306. The van der Waals surface area contributed by atoms with E-state index >= 15 is 0 Å². The third-order valence-electron chi connectivity index (χ3n) is 2.25. The Morgan fingerprint density at radius 1 is 1.46 bits per heavy atom. The summed E-state index contributed by atoms with van der Waals surface area (Å²) in [6.07, 6.45) is 8.72. The minimum Gasteiger partial charge on any atom is -0.360 e. The fourth-order valence-corrected chi connectivity index (χ4v) is 1.39. The molecule has 0 amide bonds. The van der Waals surface area contributed by atoms with Crippen LogP contribution in [0.4, 0.5) is 0 Å². The quantitative estimate of drug-likeness (QED) is 0.719. The molecule has 1 heterocycles. The van der Waals surface area contributed by atoms with Crippen molar-refractivity contribution in [2.75, 3.05) is 0 Å². The van der Waals surface area contributed by atoms with Gasteiger partial charge in [0, 0.05) is 5.70 Å². The van der Waals surface area contributed by atoms with Gasteiger partial charge in [-0.2, -0.15) is 0 Å². The van der Waals surface area contributed by atoms with Crippen LogP contribution in [0.3, 0.4) is 0 Å². The maximum Gasteiger partial charge on any atom is 0.147 e. The Hall–Kier alpha value is -0.760. The average Bonchev–Trinajstić information content (AvgIpc) is 2.14. The number of ether oxygens (including phenoxy) is 1. The summed E-state index contributed by atoms with van der Waals surface area (Å²) in [6.45, 7) is 6.36. The summed E-state index contributed by atoms with van der Waals surface area (Å²) in [7, 11) is 0. The summed E-state index contributed by atoms with van der Waals surface area (Å²) in [5.74, 6) is 0. The first-order chi connectivity index (χ1) is 6.26. The molecular formula is C11H19NO. The predicted octanol–water partition coefficient (Wildman–Crippen LogP) is 2.58. The van der Waals surface area contributed by atoms with Crippen molar-refractivity contribution in [1.82, 2.24) is 5.32 Å². The molecule has 0 saturated heterocycles. The number of hydrogen-bond acceptors (Lipinski definition) is 2. The van der Waals surface area contributed by atoms with Gasteiger partial charge in [-0.25, -0.2) is 0 Å². The summed E-state index contributed by atoms with van der Waals surface area (Å²) in [5.41, 5.74) is 1.17. The lowest BCUT2D eigenvalue weighted by atomic mass is 10.2. The lowest BCUT2D eigenvalue weighted by Gasteiger charge is -2.24. The number of allylic oxidation sites excluding steroid dienone is 3. The molecule has 0 bridgehead atoms. The predicted molar refractivity (Wildman–Crippen MR) is 55.3 cm³/mol. The third kappa shape index (κ3) is 3.23. The maximum absolute atomic E-state index is 5.82. The van der Waals surface area contributed by atoms with E-state index < -0.39 is 0 Å². The van der Waals surface area contributed by atoms with Crippen LogP contribution in [-0.4, -0.2) is 12.3 Å². The van der Waals surface area contributed by atoms with Gasteiger partial charge >= 0.3 is 0 Å². The van der Waals surface area contributed by atoms with Gasteiger partial charge < -0.3 is 10.1 Å². The van der Waals surface area contributed by atoms with E-state index in [4.69, 9.17) is 4.74 Å². The van der Waals surface area contributed by atoms with E-state index in [9.17, 15) is 0 Å². The minimum absolute atomic E-state index is 0.0647. The summed E-state index contributed by atoms with van der Waals surface area (Å²) >= 11 is 0. The van der Waals surface area contributed by atoms with E-state index in [1.54, 1.807) is 0 Å². The van der Waals surface area contributed by atoms with Gasteiger partial charge in [-0.15, -0.1) is 0 Å². The van der Waals surface area contributed by atoms with Crippen LogP contribution < -0.4 is 5.32 Å². The molecule has 1 aliphatic rings. The van der Waals surface area contributed by atoms with Crippen LogP contribution in [0.1, 0.15) is 33.6 Å². The van der Waals surface area contributed by atoms with E-state index in [-0.39, 0.29) is 6.23 Å². The van der Waals surface area contributed by atoms with E-state index in [2.05, 4.69) is 19.2 Å². The van der Waals surface area contributed by atoms with Gasteiger partial charge in [-0.05, 0) is 31.9 Å². The molecule has 0 aromatic carbocycles. The molecule has 1 N–H and O–H groups in total. The molecule has 0 saturated carbocycles. The van der Waals surface area contributed by atoms with Crippen LogP contribution in [0.25, 0.3) is 0 Å². The largest absolute Gasteiger partial charge is 0.360 e. The molecule has 0 spiro atoms. The standard InChI is InChI=1S/C11H19NO/c1-4-10(5-2)13-11-8-6-7-9(3)12-11/h6-8,10-12H,4-5H2,1-3H3. The minimum atomic E-state index is 0.0647. The van der Waals surface area contributed by atoms with Crippen molar-refractivity contribution in [3.63, 3.8) is 0 Å². The third-order valence-corrected chi connectivity index (χ3v) is 2.25. The summed E-state index contributed by atoms with van der Waals surface area (Å²) in [6, 6.07) is 0. The maximum atomic E-state index is 5.82. The first-order valence-electron chi connectivity index (χ1n) is 5.03. The lowest BCUT2D eigenvalue weighted by Crippen LogP contribution is -2.33. The molecular weight excluding hydrogens is 162 g/mol. The number of rotatable bonds is 4. The summed E-state index contributed by atoms with van der Waals surface area (Å²) < 4.78 is 5.82. The van der Waals surface area contributed by atoms with Crippen LogP contribution in [0, 0.1) is 0 Å². The first kappa shape index (κ1) is 10.3. The topological polar surface area (TPSA) is 21.3 Å². The van der Waals surface area contributed by atoms with Crippen molar-refractivity contribution in [3.05, 3.63) is 23.9 Å². The normalized spacial score (nSPS) is 21.5. The number of dihydropyridines is 1. The second-order valence-corrected chi connectivity index (χ2v) is 3.37. The zero-order valence-electron chi connectivity index (χ0n) is 8.71. The van der Waals surface area contributed by atoms with E-state index in [0.29, 0.717) is 6.10 Å². The molecule has 2 nitrogen and oxygen atoms in total. The van der Waals surface area contributed by atoms with Crippen molar-refractivity contribution in [2.45, 2.75) is 45.9 Å². The average molecular weight is 181 g/mol. The Bertz CT molecular complexity index is 204. The molecule has 2 heteroatoms. The molecule has 0 fully saturated rings. The first-order valence-corrected chi connectivity index (χ1v) is 5.03. The van der Waals surface area contributed by atoms with Gasteiger partial charge in [0.15, 0.2) is 0 Å². The van der Waals surface area contributed by atoms with Gasteiger partial charge in [0.2, 0.25) is 0 Å². The highest BCUT2D eigenvalue weighted by Gasteiger charge is 2.12. The van der Waals surface area contributed by atoms with Crippen molar-refractivity contribution in [2.24, 2.45) is 0 Å². The van der Waals surface area contributed by atoms with Gasteiger partial charge in [0.05, 0.1) is 6.10 Å². The molecule has 0 radical (unpaired) electrons. The molecule has 13 heavy (non-hydrogen) atoms. The van der Waals surface area contributed by atoms with Crippen LogP contribution in [0.5, 0.6) is 0 Å². The molecule has 0 aliphatic carbocycles. The second kappa shape index (κ2) is 5.07. The molecule has 0 aromatic heterocycles. The van der Waals surface area contributed by atoms with Crippen LogP contribution in [0.15, 0.2) is 23.9 Å². The highest BCUT2D eigenvalue weighted by atomic mass is 16.5. The zero-order valence-corrected chi connectivity index (χ0v) is 8.71. The fourth-order valence-electron chi connectivity index (χ4n) is 1.39. The smallest absolute Gasteiger partial charge is 0.147 e. The Balaban J connectivity index is 2.38. The Morgan fingerprint density at radius 3 is 2.69 bits per heavy atom. The van der Waals surface area contributed by atoms with E-state index in [0.717, 1.165) is 12.8 Å². The Kier molecular flexibility index (Phi) is 4.03. The van der Waals surface area contributed by atoms with Crippen molar-refractivity contribution >= 4 is 0 Å². The highest BCUT2D eigenvalue weighted by Crippen LogP contribution is 2.09. The van der Waals surface area contributed by atoms with Crippen molar-refractivity contribution in [3.8, 4) is 0 Å². The van der Waals surface area contributed by atoms with Gasteiger partial charge in [-0.3, -0.25) is 0 Å². The monoisotopic (exact) mass is 181 g/mol. The van der Waals surface area contributed by atoms with Crippen LogP contribution in [-0.2, 0) is 4.74 Å². The van der Waals surface area contributed by atoms with Gasteiger partial charge in [-0.1, -0.05) is 19.9 Å². The van der Waals surface area contributed by atoms with E-state index in [1.165, 1.54) is 5.70 Å². The van der Waals surface area contributed by atoms with Gasteiger partial charge in [0.25, 0.3) is 0 Å². The van der Waals surface area contributed by atoms with Crippen LogP contribution >= 0.6 is 0 Å². The highest BCUT2D eigenvalue weighted by molar-refractivity contribution is 5.16. The van der Waals surface area contributed by atoms with Crippen molar-refractivity contribution < 1.29 is 4.74 Å². The van der Waals surface area contributed by atoms with E-state index in [1.807, 2.05) is 25.2 Å². The molecule has 1 rings (SSSR count). The fraction of sp³-hybridized carbons (Fsp3) is 0.636. The SMILES string of the molecule is CCC(CC)OC1C=CC=C(C)N1. The summed E-state index contributed by atoms with van der Waals surface area (Å²) in [4.78, 5) is 0. The van der Waals surface area contributed by atoms with Crippen LogP contribution in [0.2, 0.25) is 0 Å². The summed E-state index contributed by atoms with van der Waals surface area (Å²) in [5, 5.41) is 3.27. The molecule has 74 valence electrons. The number of hydrogen-bond donors (Lipinski definition) is 1. The Morgan fingerprint density at radius 2 is 2.15 bits per heavy atom. The molecule has 0 aromatic rings. The molecule has 1 atom stereocenters. The zero-order chi connectivity index (χ0) is 9.68. The van der Waals surface area contributed by atoms with Crippen molar-refractivity contribution in [1.29, 1.82) is 0 Å². The number of nitrogens with one attached hydrogen (secondary N) is 1. The Labute approximate surface area is 80.7 Å². The second-order valence-electron chi connectivity index (χ2n) is 3.37.